The van der Waals surface area contributed by atoms with Crippen molar-refractivity contribution in [2.24, 2.45) is 5.92 Å². The average Bonchev–Trinajstić information content (AvgIpc) is 2.41. The lowest BCUT2D eigenvalue weighted by atomic mass is 9.94. The van der Waals surface area contributed by atoms with Gasteiger partial charge in [0, 0.05) is 25.7 Å². The number of hydrogen-bond acceptors (Lipinski definition) is 4. The van der Waals surface area contributed by atoms with E-state index in [4.69, 9.17) is 4.74 Å². The smallest absolute Gasteiger partial charge is 0.0897 e. The Kier molecular flexibility index (Phi) is 9.44. The van der Waals surface area contributed by atoms with Crippen molar-refractivity contribution in [2.75, 3.05) is 39.9 Å². The van der Waals surface area contributed by atoms with Gasteiger partial charge in [-0.1, -0.05) is 33.1 Å². The molecule has 1 heterocycles. The predicted molar refractivity (Wildman–Crippen MR) is 84.0 cm³/mol. The van der Waals surface area contributed by atoms with Crippen LogP contribution in [0.15, 0.2) is 0 Å². The molecule has 120 valence electrons. The molecule has 0 aromatic carbocycles. The standard InChI is InChI=1S/C16H34N2O2/c1-4-5-6-7-10-20-13-15(19)11-17-16-8-9-18(3)12-14(16)2/h14-17,19H,4-13H2,1-3H3. The van der Waals surface area contributed by atoms with E-state index in [-0.39, 0.29) is 6.10 Å². The molecule has 0 bridgehead atoms. The number of nitrogens with zero attached hydrogens (tertiary/aromatic N) is 1. The maximum atomic E-state index is 9.92. The van der Waals surface area contributed by atoms with Crippen molar-refractivity contribution >= 4 is 0 Å². The molecule has 20 heavy (non-hydrogen) atoms. The van der Waals surface area contributed by atoms with Gasteiger partial charge in [0.15, 0.2) is 0 Å². The lowest BCUT2D eigenvalue weighted by Gasteiger charge is -2.35. The highest BCUT2D eigenvalue weighted by Gasteiger charge is 2.24. The van der Waals surface area contributed by atoms with Gasteiger partial charge in [-0.2, -0.15) is 0 Å². The van der Waals surface area contributed by atoms with E-state index in [0.717, 1.165) is 26.1 Å². The van der Waals surface area contributed by atoms with E-state index in [9.17, 15) is 5.11 Å². The summed E-state index contributed by atoms with van der Waals surface area (Å²) in [4.78, 5) is 2.37. The van der Waals surface area contributed by atoms with Crippen LogP contribution in [0.3, 0.4) is 0 Å². The van der Waals surface area contributed by atoms with Crippen LogP contribution in [0.25, 0.3) is 0 Å². The second-order valence-corrected chi connectivity index (χ2v) is 6.33. The van der Waals surface area contributed by atoms with Gasteiger partial charge in [0.05, 0.1) is 12.7 Å². The molecule has 2 N–H and O–H groups in total. The van der Waals surface area contributed by atoms with Crippen LogP contribution in [-0.2, 0) is 4.74 Å². The maximum Gasteiger partial charge on any atom is 0.0897 e. The Morgan fingerprint density at radius 3 is 2.85 bits per heavy atom. The number of rotatable bonds is 10. The highest BCUT2D eigenvalue weighted by Crippen LogP contribution is 2.15. The molecule has 0 amide bonds. The first-order chi connectivity index (χ1) is 9.63. The number of aliphatic hydroxyl groups excluding tert-OH is 1. The zero-order valence-electron chi connectivity index (χ0n) is 13.6. The molecular weight excluding hydrogens is 252 g/mol. The van der Waals surface area contributed by atoms with Crippen LogP contribution in [-0.4, -0.2) is 62.0 Å². The first-order valence-electron chi connectivity index (χ1n) is 8.31. The number of unbranched alkanes of at least 4 members (excludes halogenated alkanes) is 3. The van der Waals surface area contributed by atoms with Crippen LogP contribution in [0.4, 0.5) is 0 Å². The molecule has 1 rings (SSSR count). The Morgan fingerprint density at radius 2 is 2.15 bits per heavy atom. The largest absolute Gasteiger partial charge is 0.389 e. The summed E-state index contributed by atoms with van der Waals surface area (Å²) >= 11 is 0. The van der Waals surface area contributed by atoms with E-state index in [1.165, 1.54) is 25.7 Å². The molecule has 0 aliphatic carbocycles. The van der Waals surface area contributed by atoms with Gasteiger partial charge in [-0.15, -0.1) is 0 Å². The van der Waals surface area contributed by atoms with Crippen LogP contribution >= 0.6 is 0 Å². The minimum absolute atomic E-state index is 0.381. The summed E-state index contributed by atoms with van der Waals surface area (Å²) in [5, 5.41) is 13.4. The Bertz CT molecular complexity index is 239. The van der Waals surface area contributed by atoms with Gasteiger partial charge in [0.25, 0.3) is 0 Å². The van der Waals surface area contributed by atoms with Gasteiger partial charge < -0.3 is 20.1 Å². The van der Waals surface area contributed by atoms with Crippen molar-refractivity contribution in [1.82, 2.24) is 10.2 Å². The molecule has 1 fully saturated rings. The molecule has 1 aliphatic heterocycles. The third-order valence-corrected chi connectivity index (χ3v) is 4.18. The molecule has 0 radical (unpaired) electrons. The topological polar surface area (TPSA) is 44.7 Å². The van der Waals surface area contributed by atoms with E-state index in [1.54, 1.807) is 0 Å². The summed E-state index contributed by atoms with van der Waals surface area (Å²) in [5.74, 6) is 0.649. The quantitative estimate of drug-likeness (QED) is 0.602. The minimum atomic E-state index is -0.381. The van der Waals surface area contributed by atoms with Gasteiger partial charge in [-0.05, 0) is 32.4 Å². The Morgan fingerprint density at radius 1 is 1.35 bits per heavy atom. The Labute approximate surface area is 124 Å². The van der Waals surface area contributed by atoms with Crippen LogP contribution in [0.5, 0.6) is 0 Å². The Hall–Kier alpha value is -0.160. The summed E-state index contributed by atoms with van der Waals surface area (Å²) in [6.45, 7) is 8.66. The van der Waals surface area contributed by atoms with E-state index >= 15 is 0 Å². The summed E-state index contributed by atoms with van der Waals surface area (Å²) in [6.07, 6.45) is 5.66. The van der Waals surface area contributed by atoms with Crippen molar-refractivity contribution < 1.29 is 9.84 Å². The first kappa shape index (κ1) is 17.9. The lowest BCUT2D eigenvalue weighted by molar-refractivity contribution is 0.0312. The highest BCUT2D eigenvalue weighted by atomic mass is 16.5. The molecule has 0 saturated carbocycles. The van der Waals surface area contributed by atoms with Gasteiger partial charge >= 0.3 is 0 Å². The van der Waals surface area contributed by atoms with Gasteiger partial charge in [-0.3, -0.25) is 0 Å². The molecule has 3 atom stereocenters. The molecule has 4 nitrogen and oxygen atoms in total. The van der Waals surface area contributed by atoms with Crippen LogP contribution in [0, 0.1) is 5.92 Å². The van der Waals surface area contributed by atoms with Crippen molar-refractivity contribution in [2.45, 2.75) is 58.1 Å². The van der Waals surface area contributed by atoms with Crippen molar-refractivity contribution in [3.63, 3.8) is 0 Å². The number of nitrogens with one attached hydrogen (secondary N) is 1. The van der Waals surface area contributed by atoms with Gasteiger partial charge in [0.2, 0.25) is 0 Å². The van der Waals surface area contributed by atoms with Crippen molar-refractivity contribution in [3.8, 4) is 0 Å². The van der Waals surface area contributed by atoms with Crippen LogP contribution < -0.4 is 5.32 Å². The van der Waals surface area contributed by atoms with E-state index < -0.39 is 0 Å². The minimum Gasteiger partial charge on any atom is -0.389 e. The lowest BCUT2D eigenvalue weighted by Crippen LogP contribution is -2.49. The zero-order chi connectivity index (χ0) is 14.8. The molecule has 4 heteroatoms. The summed E-state index contributed by atoms with van der Waals surface area (Å²) in [6, 6.07) is 0.533. The third kappa shape index (κ3) is 7.58. The average molecular weight is 286 g/mol. The van der Waals surface area contributed by atoms with E-state index in [2.05, 4.69) is 31.1 Å². The number of hydrogen-bond donors (Lipinski definition) is 2. The molecule has 0 aromatic rings. The number of aliphatic hydroxyl groups is 1. The second kappa shape index (κ2) is 10.6. The Balaban J connectivity index is 2.00. The zero-order valence-corrected chi connectivity index (χ0v) is 13.6. The fraction of sp³-hybridized carbons (Fsp3) is 1.00. The van der Waals surface area contributed by atoms with E-state index in [0.29, 0.717) is 25.1 Å². The first-order valence-corrected chi connectivity index (χ1v) is 8.31. The van der Waals surface area contributed by atoms with Gasteiger partial charge in [-0.25, -0.2) is 0 Å². The second-order valence-electron chi connectivity index (χ2n) is 6.33. The maximum absolute atomic E-state index is 9.92. The fourth-order valence-corrected chi connectivity index (χ4v) is 2.85. The van der Waals surface area contributed by atoms with Crippen LogP contribution in [0.1, 0.15) is 46.0 Å². The normalized spacial score (nSPS) is 25.8. The monoisotopic (exact) mass is 286 g/mol. The van der Waals surface area contributed by atoms with Crippen molar-refractivity contribution in [3.05, 3.63) is 0 Å². The summed E-state index contributed by atoms with van der Waals surface area (Å²) in [7, 11) is 2.17. The predicted octanol–water partition coefficient (Wildman–Crippen LogP) is 1.87. The fourth-order valence-electron chi connectivity index (χ4n) is 2.85. The third-order valence-electron chi connectivity index (χ3n) is 4.18. The summed E-state index contributed by atoms with van der Waals surface area (Å²) in [5.41, 5.74) is 0. The molecule has 3 unspecified atom stereocenters. The molecule has 0 aromatic heterocycles. The molecule has 0 spiro atoms. The number of likely N-dealkylation sites (tertiary alicyclic amines) is 1. The van der Waals surface area contributed by atoms with Crippen molar-refractivity contribution in [1.29, 1.82) is 0 Å². The van der Waals surface area contributed by atoms with Gasteiger partial charge in [0.1, 0.15) is 0 Å². The van der Waals surface area contributed by atoms with E-state index in [1.807, 2.05) is 0 Å². The summed E-state index contributed by atoms with van der Waals surface area (Å²) < 4.78 is 5.53. The molecular formula is C16H34N2O2. The highest BCUT2D eigenvalue weighted by molar-refractivity contribution is 4.82. The number of piperidine rings is 1. The number of ether oxygens (including phenoxy) is 1. The molecule has 1 aliphatic rings. The molecule has 1 saturated heterocycles. The van der Waals surface area contributed by atoms with Crippen LogP contribution in [0.2, 0.25) is 0 Å². The SMILES string of the molecule is CCCCCCOCC(O)CNC1CCN(C)CC1C.